The van der Waals surface area contributed by atoms with Crippen LogP contribution in [0.5, 0.6) is 0 Å². The predicted octanol–water partition coefficient (Wildman–Crippen LogP) is 1.64. The standard InChI is InChI=1S/C13H18FNO3S/c1-9-6-11(14)7-10(2)12(9)19(17,18)15-8-13(16)4-3-5-13/h6-7,15-16H,3-5,8H2,1-2H3. The molecule has 4 nitrogen and oxygen atoms in total. The number of aryl methyl sites for hydroxylation is 2. The van der Waals surface area contributed by atoms with Crippen LogP contribution in [-0.2, 0) is 10.0 Å². The van der Waals surface area contributed by atoms with E-state index in [1.807, 2.05) is 0 Å². The highest BCUT2D eigenvalue weighted by Crippen LogP contribution is 2.31. The van der Waals surface area contributed by atoms with E-state index in [0.717, 1.165) is 6.42 Å². The molecule has 0 aromatic heterocycles. The smallest absolute Gasteiger partial charge is 0.241 e. The second kappa shape index (κ2) is 4.85. The van der Waals surface area contributed by atoms with Gasteiger partial charge in [0.05, 0.1) is 10.5 Å². The molecule has 0 radical (unpaired) electrons. The van der Waals surface area contributed by atoms with Gasteiger partial charge < -0.3 is 5.11 Å². The van der Waals surface area contributed by atoms with Crippen molar-refractivity contribution in [1.29, 1.82) is 0 Å². The molecule has 0 atom stereocenters. The van der Waals surface area contributed by atoms with Gasteiger partial charge in [-0.25, -0.2) is 17.5 Å². The molecule has 0 saturated heterocycles. The summed E-state index contributed by atoms with van der Waals surface area (Å²) < 4.78 is 40.1. The average Bonchev–Trinajstić information content (AvgIpc) is 2.22. The first kappa shape index (κ1) is 14.4. The fraction of sp³-hybridized carbons (Fsp3) is 0.538. The highest BCUT2D eigenvalue weighted by Gasteiger charge is 2.35. The molecule has 1 saturated carbocycles. The van der Waals surface area contributed by atoms with Gasteiger partial charge in [0, 0.05) is 6.54 Å². The Kier molecular flexibility index (Phi) is 3.68. The van der Waals surface area contributed by atoms with Gasteiger partial charge >= 0.3 is 0 Å². The van der Waals surface area contributed by atoms with E-state index >= 15 is 0 Å². The summed E-state index contributed by atoms with van der Waals surface area (Å²) in [5.74, 6) is -0.452. The van der Waals surface area contributed by atoms with Gasteiger partial charge in [0.25, 0.3) is 0 Å². The molecule has 6 heteroatoms. The van der Waals surface area contributed by atoms with Gasteiger partial charge in [0.15, 0.2) is 0 Å². The van der Waals surface area contributed by atoms with Crippen LogP contribution in [-0.4, -0.2) is 25.7 Å². The monoisotopic (exact) mass is 287 g/mol. The summed E-state index contributed by atoms with van der Waals surface area (Å²) in [6.45, 7) is 3.12. The van der Waals surface area contributed by atoms with Crippen molar-refractivity contribution in [3.8, 4) is 0 Å². The Morgan fingerprint density at radius 1 is 1.32 bits per heavy atom. The molecule has 0 amide bonds. The van der Waals surface area contributed by atoms with Crippen molar-refractivity contribution in [2.45, 2.75) is 43.6 Å². The lowest BCUT2D eigenvalue weighted by atomic mass is 9.81. The molecule has 2 N–H and O–H groups in total. The summed E-state index contributed by atoms with van der Waals surface area (Å²) in [5.41, 5.74) is -0.189. The number of rotatable bonds is 4. The van der Waals surface area contributed by atoms with Crippen LogP contribution in [0.1, 0.15) is 30.4 Å². The van der Waals surface area contributed by atoms with Crippen LogP contribution in [0.3, 0.4) is 0 Å². The van der Waals surface area contributed by atoms with E-state index < -0.39 is 21.4 Å². The third-order valence-corrected chi connectivity index (χ3v) is 5.28. The van der Waals surface area contributed by atoms with Gasteiger partial charge in [-0.3, -0.25) is 0 Å². The van der Waals surface area contributed by atoms with Gasteiger partial charge in [-0.2, -0.15) is 0 Å². The van der Waals surface area contributed by atoms with Crippen molar-refractivity contribution in [3.63, 3.8) is 0 Å². The number of benzene rings is 1. The molecule has 1 aliphatic carbocycles. The molecular weight excluding hydrogens is 269 g/mol. The molecule has 1 aromatic carbocycles. The van der Waals surface area contributed by atoms with Crippen molar-refractivity contribution >= 4 is 10.0 Å². The first-order valence-electron chi connectivity index (χ1n) is 6.22. The Morgan fingerprint density at radius 3 is 2.26 bits per heavy atom. The highest BCUT2D eigenvalue weighted by molar-refractivity contribution is 7.89. The zero-order valence-corrected chi connectivity index (χ0v) is 11.8. The van der Waals surface area contributed by atoms with E-state index in [0.29, 0.717) is 24.0 Å². The van der Waals surface area contributed by atoms with Crippen LogP contribution in [0, 0.1) is 19.7 Å². The van der Waals surface area contributed by atoms with Crippen LogP contribution in [0.2, 0.25) is 0 Å². The first-order valence-corrected chi connectivity index (χ1v) is 7.71. The number of nitrogens with one attached hydrogen (secondary N) is 1. The Hall–Kier alpha value is -0.980. The second-order valence-corrected chi connectivity index (χ2v) is 6.97. The van der Waals surface area contributed by atoms with Gasteiger partial charge in [0.2, 0.25) is 10.0 Å². The topological polar surface area (TPSA) is 66.4 Å². The Labute approximate surface area is 112 Å². The van der Waals surface area contributed by atoms with Crippen LogP contribution in [0.4, 0.5) is 4.39 Å². The maximum absolute atomic E-state index is 13.2. The van der Waals surface area contributed by atoms with Crippen LogP contribution >= 0.6 is 0 Å². The molecule has 1 aliphatic rings. The predicted molar refractivity (Wildman–Crippen MR) is 69.9 cm³/mol. The lowest BCUT2D eigenvalue weighted by Gasteiger charge is -2.36. The van der Waals surface area contributed by atoms with E-state index in [-0.39, 0.29) is 11.4 Å². The maximum atomic E-state index is 13.2. The lowest BCUT2D eigenvalue weighted by Crippen LogP contribution is -2.47. The van der Waals surface area contributed by atoms with Crippen molar-refractivity contribution < 1.29 is 17.9 Å². The second-order valence-electron chi connectivity index (χ2n) is 5.27. The lowest BCUT2D eigenvalue weighted by molar-refractivity contribution is -0.0271. The quantitative estimate of drug-likeness (QED) is 0.884. The minimum Gasteiger partial charge on any atom is -0.389 e. The van der Waals surface area contributed by atoms with E-state index in [4.69, 9.17) is 0 Å². The number of aliphatic hydroxyl groups is 1. The Balaban J connectivity index is 2.24. The summed E-state index contributed by atoms with van der Waals surface area (Å²) in [5, 5.41) is 9.92. The molecule has 2 rings (SSSR count). The van der Waals surface area contributed by atoms with Crippen LogP contribution in [0.15, 0.2) is 17.0 Å². The van der Waals surface area contributed by atoms with Crippen molar-refractivity contribution in [1.82, 2.24) is 4.72 Å². The van der Waals surface area contributed by atoms with Gasteiger partial charge in [-0.15, -0.1) is 0 Å². The average molecular weight is 287 g/mol. The molecule has 106 valence electrons. The Morgan fingerprint density at radius 2 is 1.84 bits per heavy atom. The summed E-state index contributed by atoms with van der Waals surface area (Å²) in [6.07, 6.45) is 2.13. The van der Waals surface area contributed by atoms with E-state index in [9.17, 15) is 17.9 Å². The maximum Gasteiger partial charge on any atom is 0.241 e. The van der Waals surface area contributed by atoms with E-state index in [1.54, 1.807) is 13.8 Å². The molecular formula is C13H18FNO3S. The fourth-order valence-electron chi connectivity index (χ4n) is 2.38. The molecule has 0 spiro atoms. The molecule has 0 aliphatic heterocycles. The summed E-state index contributed by atoms with van der Waals surface area (Å²) >= 11 is 0. The summed E-state index contributed by atoms with van der Waals surface area (Å²) in [4.78, 5) is 0.0943. The molecule has 1 fully saturated rings. The number of halogens is 1. The first-order chi connectivity index (χ1) is 8.73. The highest BCUT2D eigenvalue weighted by atomic mass is 32.2. The third-order valence-electron chi connectivity index (χ3n) is 3.57. The van der Waals surface area contributed by atoms with Crippen molar-refractivity contribution in [2.75, 3.05) is 6.54 Å². The van der Waals surface area contributed by atoms with Gasteiger partial charge in [0.1, 0.15) is 5.82 Å². The SMILES string of the molecule is Cc1cc(F)cc(C)c1S(=O)(=O)NCC1(O)CCC1. The third kappa shape index (κ3) is 2.96. The minimum absolute atomic E-state index is 0.00555. The van der Waals surface area contributed by atoms with E-state index in [2.05, 4.69) is 4.72 Å². The summed E-state index contributed by atoms with van der Waals surface area (Å²) in [7, 11) is -3.72. The van der Waals surface area contributed by atoms with Crippen LogP contribution < -0.4 is 4.72 Å². The molecule has 1 aromatic rings. The summed E-state index contributed by atoms with van der Waals surface area (Å²) in [6, 6.07) is 2.39. The van der Waals surface area contributed by atoms with E-state index in [1.165, 1.54) is 12.1 Å². The van der Waals surface area contributed by atoms with Crippen LogP contribution in [0.25, 0.3) is 0 Å². The van der Waals surface area contributed by atoms with Crippen molar-refractivity contribution in [3.05, 3.63) is 29.1 Å². The fourth-order valence-corrected chi connectivity index (χ4v) is 3.95. The number of sulfonamides is 1. The molecule has 0 heterocycles. The minimum atomic E-state index is -3.72. The largest absolute Gasteiger partial charge is 0.389 e. The molecule has 0 bridgehead atoms. The normalized spacial score (nSPS) is 18.1. The Bertz CT molecular complexity index is 571. The zero-order valence-electron chi connectivity index (χ0n) is 11.0. The van der Waals surface area contributed by atoms with Gasteiger partial charge in [-0.1, -0.05) is 0 Å². The molecule has 19 heavy (non-hydrogen) atoms. The van der Waals surface area contributed by atoms with Crippen molar-refractivity contribution in [2.24, 2.45) is 0 Å². The molecule has 0 unspecified atom stereocenters. The zero-order chi connectivity index (χ0) is 14.3. The number of hydrogen-bond acceptors (Lipinski definition) is 3. The van der Waals surface area contributed by atoms with Gasteiger partial charge in [-0.05, 0) is 56.4 Å². The number of hydrogen-bond donors (Lipinski definition) is 2.